The van der Waals surface area contributed by atoms with Crippen LogP contribution < -0.4 is 5.32 Å². The molecular formula is C26H22N8OS. The van der Waals surface area contributed by atoms with Crippen molar-refractivity contribution in [3.63, 3.8) is 0 Å². The molecule has 0 radical (unpaired) electrons. The van der Waals surface area contributed by atoms with Crippen LogP contribution in [0.4, 0.5) is 5.69 Å². The number of aromatic nitrogens is 7. The normalized spacial score (nSPS) is 11.5. The summed E-state index contributed by atoms with van der Waals surface area (Å²) in [5, 5.41) is 13.3. The van der Waals surface area contributed by atoms with Gasteiger partial charge in [-0.1, -0.05) is 19.9 Å². The van der Waals surface area contributed by atoms with Gasteiger partial charge in [0, 0.05) is 36.1 Å². The highest BCUT2D eigenvalue weighted by molar-refractivity contribution is 7.13. The van der Waals surface area contributed by atoms with Crippen LogP contribution in [0.15, 0.2) is 60.5 Å². The highest BCUT2D eigenvalue weighted by Gasteiger charge is 2.17. The SMILES string of the molecule is CC(C)CC(=O)Nc1cncc(-c2cnc3[nH]nc(-c4nc5c(-c6cccs6)nccc5[nH]4)c3c2)c1. The van der Waals surface area contributed by atoms with Crippen molar-refractivity contribution in [3.05, 3.63) is 60.5 Å². The van der Waals surface area contributed by atoms with Crippen molar-refractivity contribution in [1.82, 2.24) is 35.1 Å². The maximum Gasteiger partial charge on any atom is 0.224 e. The molecule has 0 spiro atoms. The molecule has 0 unspecified atom stereocenters. The molecule has 6 rings (SSSR count). The van der Waals surface area contributed by atoms with Crippen LogP contribution >= 0.6 is 11.3 Å². The maximum atomic E-state index is 12.2. The van der Waals surface area contributed by atoms with Gasteiger partial charge in [-0.25, -0.2) is 9.97 Å². The number of pyridine rings is 3. The van der Waals surface area contributed by atoms with E-state index in [1.807, 2.05) is 49.6 Å². The first-order valence-electron chi connectivity index (χ1n) is 11.5. The van der Waals surface area contributed by atoms with Crippen LogP contribution in [-0.4, -0.2) is 41.0 Å². The number of H-pyrrole nitrogens is 2. The third-order valence-electron chi connectivity index (χ3n) is 5.75. The Morgan fingerprint density at radius 2 is 1.97 bits per heavy atom. The van der Waals surface area contributed by atoms with E-state index >= 15 is 0 Å². The number of thiophene rings is 1. The van der Waals surface area contributed by atoms with E-state index in [1.165, 1.54) is 0 Å². The molecule has 6 heterocycles. The number of amides is 1. The lowest BCUT2D eigenvalue weighted by atomic mass is 10.1. The molecule has 1 amide bonds. The number of imidazole rings is 1. The van der Waals surface area contributed by atoms with E-state index in [0.29, 0.717) is 29.3 Å². The molecule has 0 bridgehead atoms. The number of fused-ring (bicyclic) bond motifs is 2. The van der Waals surface area contributed by atoms with Crippen molar-refractivity contribution < 1.29 is 4.79 Å². The Bertz CT molecular complexity index is 1700. The van der Waals surface area contributed by atoms with Gasteiger partial charge in [-0.15, -0.1) is 11.3 Å². The van der Waals surface area contributed by atoms with Crippen LogP contribution in [0.3, 0.4) is 0 Å². The van der Waals surface area contributed by atoms with Crippen LogP contribution in [0.1, 0.15) is 20.3 Å². The summed E-state index contributed by atoms with van der Waals surface area (Å²) < 4.78 is 0. The zero-order valence-corrected chi connectivity index (χ0v) is 20.4. The van der Waals surface area contributed by atoms with E-state index in [-0.39, 0.29) is 11.8 Å². The molecule has 0 saturated carbocycles. The zero-order valence-electron chi connectivity index (χ0n) is 19.6. The first kappa shape index (κ1) is 22.1. The fraction of sp³-hybridized carbons (Fsp3) is 0.154. The summed E-state index contributed by atoms with van der Waals surface area (Å²) in [6.45, 7) is 4.03. The Hall–Kier alpha value is -4.44. The molecule has 10 heteroatoms. The van der Waals surface area contributed by atoms with E-state index in [1.54, 1.807) is 36.1 Å². The van der Waals surface area contributed by atoms with Crippen molar-refractivity contribution in [3.8, 4) is 33.2 Å². The molecule has 6 aromatic heterocycles. The Morgan fingerprint density at radius 3 is 2.81 bits per heavy atom. The second-order valence-electron chi connectivity index (χ2n) is 8.92. The van der Waals surface area contributed by atoms with Crippen molar-refractivity contribution in [2.45, 2.75) is 20.3 Å². The number of rotatable bonds is 6. The Labute approximate surface area is 210 Å². The predicted molar refractivity (Wildman–Crippen MR) is 141 cm³/mol. The largest absolute Gasteiger partial charge is 0.336 e. The van der Waals surface area contributed by atoms with Crippen LogP contribution in [-0.2, 0) is 4.79 Å². The molecule has 0 aromatic carbocycles. The molecule has 178 valence electrons. The van der Waals surface area contributed by atoms with Crippen LogP contribution in [0.2, 0.25) is 0 Å². The molecule has 36 heavy (non-hydrogen) atoms. The lowest BCUT2D eigenvalue weighted by Gasteiger charge is -2.08. The van der Waals surface area contributed by atoms with Crippen LogP contribution in [0, 0.1) is 5.92 Å². The average molecular weight is 495 g/mol. The third kappa shape index (κ3) is 4.11. The summed E-state index contributed by atoms with van der Waals surface area (Å²) >= 11 is 1.63. The summed E-state index contributed by atoms with van der Waals surface area (Å²) in [5.41, 5.74) is 6.19. The number of aromatic amines is 2. The van der Waals surface area contributed by atoms with Gasteiger partial charge in [0.15, 0.2) is 11.5 Å². The molecular weight excluding hydrogens is 472 g/mol. The minimum absolute atomic E-state index is 0.0315. The number of hydrogen-bond acceptors (Lipinski definition) is 7. The van der Waals surface area contributed by atoms with Gasteiger partial charge < -0.3 is 10.3 Å². The molecule has 6 aromatic rings. The first-order valence-corrected chi connectivity index (χ1v) is 12.4. The number of anilines is 1. The Morgan fingerprint density at radius 1 is 1.08 bits per heavy atom. The van der Waals surface area contributed by atoms with Crippen molar-refractivity contribution in [2.75, 3.05) is 5.32 Å². The number of nitrogens with one attached hydrogen (secondary N) is 3. The van der Waals surface area contributed by atoms with E-state index < -0.39 is 0 Å². The molecule has 0 fully saturated rings. The molecule has 0 saturated heterocycles. The minimum Gasteiger partial charge on any atom is -0.336 e. The fourth-order valence-corrected chi connectivity index (χ4v) is 4.85. The molecule has 9 nitrogen and oxygen atoms in total. The molecule has 0 aliphatic rings. The summed E-state index contributed by atoms with van der Waals surface area (Å²) in [7, 11) is 0. The molecule has 3 N–H and O–H groups in total. The monoisotopic (exact) mass is 494 g/mol. The number of carbonyl (C=O) groups is 1. The van der Waals surface area contributed by atoms with Crippen molar-refractivity contribution in [2.24, 2.45) is 5.92 Å². The Kier molecular flexibility index (Phi) is 5.49. The third-order valence-corrected chi connectivity index (χ3v) is 6.62. The van der Waals surface area contributed by atoms with Crippen molar-refractivity contribution >= 4 is 45.0 Å². The topological polar surface area (TPSA) is 125 Å². The van der Waals surface area contributed by atoms with E-state index in [9.17, 15) is 4.79 Å². The predicted octanol–water partition coefficient (Wildman–Crippen LogP) is 5.67. The Balaban J connectivity index is 1.38. The second-order valence-corrected chi connectivity index (χ2v) is 9.87. The van der Waals surface area contributed by atoms with Gasteiger partial charge >= 0.3 is 0 Å². The highest BCUT2D eigenvalue weighted by Crippen LogP contribution is 2.33. The standard InChI is InChI=1S/C26H22N8OS/c1-14(2)8-21(35)30-17-9-15(11-27-13-17)16-10-18-22(33-34-25(18)29-12-16)26-31-19-5-6-28-24(23(19)32-26)20-4-3-7-36-20/h3-7,9-14H,8H2,1-2H3,(H,30,35)(H,31,32)(H,29,33,34). The quantitative estimate of drug-likeness (QED) is 0.274. The van der Waals surface area contributed by atoms with Gasteiger partial charge in [-0.2, -0.15) is 5.10 Å². The van der Waals surface area contributed by atoms with Gasteiger partial charge in [-0.05, 0) is 35.6 Å². The molecule has 0 aliphatic carbocycles. The van der Waals surface area contributed by atoms with Crippen LogP contribution in [0.25, 0.3) is 55.3 Å². The van der Waals surface area contributed by atoms with Crippen LogP contribution in [0.5, 0.6) is 0 Å². The summed E-state index contributed by atoms with van der Waals surface area (Å²) in [6.07, 6.45) is 7.39. The minimum atomic E-state index is -0.0315. The lowest BCUT2D eigenvalue weighted by molar-refractivity contribution is -0.116. The van der Waals surface area contributed by atoms with E-state index in [4.69, 9.17) is 4.98 Å². The van der Waals surface area contributed by atoms with E-state index in [2.05, 4.69) is 35.5 Å². The first-order chi connectivity index (χ1) is 17.5. The zero-order chi connectivity index (χ0) is 24.6. The molecule has 0 aliphatic heterocycles. The van der Waals surface area contributed by atoms with Gasteiger partial charge in [0.1, 0.15) is 16.9 Å². The van der Waals surface area contributed by atoms with E-state index in [0.717, 1.165) is 38.1 Å². The summed E-state index contributed by atoms with van der Waals surface area (Å²) in [6, 6.07) is 9.85. The van der Waals surface area contributed by atoms with Gasteiger partial charge in [0.25, 0.3) is 0 Å². The lowest BCUT2D eigenvalue weighted by Crippen LogP contribution is -2.13. The smallest absolute Gasteiger partial charge is 0.224 e. The number of carbonyl (C=O) groups excluding carboxylic acids is 1. The summed E-state index contributed by atoms with van der Waals surface area (Å²) in [5.74, 6) is 0.882. The van der Waals surface area contributed by atoms with Gasteiger partial charge in [0.05, 0.1) is 27.7 Å². The fourth-order valence-electron chi connectivity index (χ4n) is 4.13. The van der Waals surface area contributed by atoms with Gasteiger partial charge in [0.2, 0.25) is 5.91 Å². The average Bonchev–Trinajstić information content (AvgIpc) is 3.62. The highest BCUT2D eigenvalue weighted by atomic mass is 32.1. The maximum absolute atomic E-state index is 12.2. The number of hydrogen-bond donors (Lipinski definition) is 3. The summed E-state index contributed by atoms with van der Waals surface area (Å²) in [4.78, 5) is 34.9. The van der Waals surface area contributed by atoms with Gasteiger partial charge in [-0.3, -0.25) is 19.9 Å². The molecule has 0 atom stereocenters. The number of nitrogens with zero attached hydrogens (tertiary/aromatic N) is 5. The second kappa shape index (κ2) is 8.97. The van der Waals surface area contributed by atoms with Crippen molar-refractivity contribution in [1.29, 1.82) is 0 Å².